The predicted molar refractivity (Wildman–Crippen MR) is 47.8 cm³/mol. The molecule has 1 nitrogen and oxygen atoms in total. The smallest absolute Gasteiger partial charge is 0.106 e. The van der Waals surface area contributed by atoms with Crippen LogP contribution in [0.3, 0.4) is 0 Å². The Morgan fingerprint density at radius 1 is 1.08 bits per heavy atom. The summed E-state index contributed by atoms with van der Waals surface area (Å²) in [7, 11) is 0. The first-order valence-electron chi connectivity index (χ1n) is 5.22. The average Bonchev–Trinajstić information content (AvgIpc) is 2.57. The van der Waals surface area contributed by atoms with Gasteiger partial charge in [-0.3, -0.25) is 0 Å². The van der Waals surface area contributed by atoms with Crippen LogP contribution >= 0.6 is 0 Å². The highest BCUT2D eigenvalue weighted by Crippen LogP contribution is 2.35. The van der Waals surface area contributed by atoms with Gasteiger partial charge in [-0.05, 0) is 18.9 Å². The average molecular weight is 171 g/mol. The van der Waals surface area contributed by atoms with Crippen LogP contribution in [0.1, 0.15) is 32.1 Å². The van der Waals surface area contributed by atoms with Crippen molar-refractivity contribution in [2.24, 2.45) is 11.8 Å². The van der Waals surface area contributed by atoms with Crippen molar-refractivity contribution in [1.82, 2.24) is 5.32 Å². The first-order chi connectivity index (χ1) is 5.88. The van der Waals surface area contributed by atoms with Gasteiger partial charge < -0.3 is 5.32 Å². The van der Waals surface area contributed by atoms with Gasteiger partial charge in [0.15, 0.2) is 0 Å². The molecule has 2 aliphatic rings. The molecule has 1 aliphatic heterocycles. The summed E-state index contributed by atoms with van der Waals surface area (Å²) in [5.74, 6) is 1.02. The van der Waals surface area contributed by atoms with Gasteiger partial charge in [-0.2, -0.15) is 0 Å². The summed E-state index contributed by atoms with van der Waals surface area (Å²) in [6.07, 6.45) is 5.41. The third kappa shape index (κ3) is 1.63. The topological polar surface area (TPSA) is 12.0 Å². The zero-order chi connectivity index (χ0) is 8.39. The second kappa shape index (κ2) is 3.73. The van der Waals surface area contributed by atoms with E-state index in [2.05, 4.69) is 5.32 Å². The Bertz CT molecular complexity index is 143. The Labute approximate surface area is 73.7 Å². The minimum atomic E-state index is -0.519. The van der Waals surface area contributed by atoms with E-state index in [9.17, 15) is 4.39 Å². The molecule has 2 unspecified atom stereocenters. The number of nitrogens with one attached hydrogen (secondary N) is 1. The predicted octanol–water partition coefficient (Wildman–Crippen LogP) is 2.12. The number of hydrogen-bond donors (Lipinski definition) is 1. The quantitative estimate of drug-likeness (QED) is 0.637. The molecule has 0 amide bonds. The van der Waals surface area contributed by atoms with Crippen molar-refractivity contribution in [3.05, 3.63) is 0 Å². The maximum absolute atomic E-state index is 13.5. The van der Waals surface area contributed by atoms with Crippen LogP contribution in [0.4, 0.5) is 4.39 Å². The second-order valence-electron chi connectivity index (χ2n) is 4.22. The SMILES string of the molecule is FC1CCNCC1C1CCCC1. The fourth-order valence-electron chi connectivity index (χ4n) is 2.70. The van der Waals surface area contributed by atoms with Gasteiger partial charge in [-0.1, -0.05) is 25.7 Å². The molecular weight excluding hydrogens is 153 g/mol. The normalized spacial score (nSPS) is 38.8. The summed E-state index contributed by atoms with van der Waals surface area (Å²) in [4.78, 5) is 0. The molecule has 1 saturated carbocycles. The first-order valence-corrected chi connectivity index (χ1v) is 5.22. The molecule has 1 heterocycles. The van der Waals surface area contributed by atoms with Crippen molar-refractivity contribution >= 4 is 0 Å². The van der Waals surface area contributed by atoms with Crippen LogP contribution in [0.25, 0.3) is 0 Å². The molecule has 1 saturated heterocycles. The fraction of sp³-hybridized carbons (Fsp3) is 1.00. The molecule has 0 aromatic heterocycles. The standard InChI is InChI=1S/C10H18FN/c11-10-5-6-12-7-9(10)8-3-1-2-4-8/h8-10,12H,1-7H2. The van der Waals surface area contributed by atoms with E-state index in [1.807, 2.05) is 0 Å². The molecule has 0 aromatic rings. The highest BCUT2D eigenvalue weighted by molar-refractivity contribution is 4.85. The Balaban J connectivity index is 1.91. The molecule has 2 fully saturated rings. The van der Waals surface area contributed by atoms with E-state index in [1.165, 1.54) is 25.7 Å². The van der Waals surface area contributed by atoms with Crippen LogP contribution in [0.2, 0.25) is 0 Å². The highest BCUT2D eigenvalue weighted by atomic mass is 19.1. The van der Waals surface area contributed by atoms with Crippen molar-refractivity contribution in [3.63, 3.8) is 0 Å². The lowest BCUT2D eigenvalue weighted by atomic mass is 9.84. The number of alkyl halides is 1. The van der Waals surface area contributed by atoms with Crippen molar-refractivity contribution < 1.29 is 4.39 Å². The van der Waals surface area contributed by atoms with Crippen LogP contribution in [0.5, 0.6) is 0 Å². The lowest BCUT2D eigenvalue weighted by Gasteiger charge is -2.31. The van der Waals surface area contributed by atoms with Gasteiger partial charge in [0.2, 0.25) is 0 Å². The molecule has 70 valence electrons. The molecule has 1 N–H and O–H groups in total. The number of halogens is 1. The van der Waals surface area contributed by atoms with Gasteiger partial charge in [0.05, 0.1) is 0 Å². The molecule has 0 spiro atoms. The summed E-state index contributed by atoms with van der Waals surface area (Å²) in [5, 5.41) is 3.30. The summed E-state index contributed by atoms with van der Waals surface area (Å²) in [6, 6.07) is 0. The summed E-state index contributed by atoms with van der Waals surface area (Å²) in [6.45, 7) is 1.80. The second-order valence-corrected chi connectivity index (χ2v) is 4.22. The van der Waals surface area contributed by atoms with E-state index in [-0.39, 0.29) is 0 Å². The minimum Gasteiger partial charge on any atom is -0.316 e. The van der Waals surface area contributed by atoms with Gasteiger partial charge in [-0.15, -0.1) is 0 Å². The van der Waals surface area contributed by atoms with Crippen LogP contribution in [-0.4, -0.2) is 19.3 Å². The van der Waals surface area contributed by atoms with E-state index < -0.39 is 6.17 Å². The fourth-order valence-corrected chi connectivity index (χ4v) is 2.70. The Morgan fingerprint density at radius 3 is 2.50 bits per heavy atom. The maximum Gasteiger partial charge on any atom is 0.106 e. The maximum atomic E-state index is 13.5. The van der Waals surface area contributed by atoms with Crippen LogP contribution < -0.4 is 5.32 Å². The van der Waals surface area contributed by atoms with Crippen molar-refractivity contribution in [2.45, 2.75) is 38.3 Å². The van der Waals surface area contributed by atoms with Gasteiger partial charge >= 0.3 is 0 Å². The van der Waals surface area contributed by atoms with E-state index in [1.54, 1.807) is 0 Å². The van der Waals surface area contributed by atoms with Crippen LogP contribution in [0.15, 0.2) is 0 Å². The van der Waals surface area contributed by atoms with Gasteiger partial charge in [0.25, 0.3) is 0 Å². The van der Waals surface area contributed by atoms with E-state index in [0.29, 0.717) is 11.8 Å². The van der Waals surface area contributed by atoms with Gasteiger partial charge in [0.1, 0.15) is 6.17 Å². The highest BCUT2D eigenvalue weighted by Gasteiger charge is 2.33. The number of rotatable bonds is 1. The van der Waals surface area contributed by atoms with Crippen LogP contribution in [0, 0.1) is 11.8 Å². The Kier molecular flexibility index (Phi) is 2.64. The van der Waals surface area contributed by atoms with Crippen molar-refractivity contribution in [3.8, 4) is 0 Å². The molecule has 1 aliphatic carbocycles. The molecule has 2 heteroatoms. The van der Waals surface area contributed by atoms with Crippen molar-refractivity contribution in [2.75, 3.05) is 13.1 Å². The zero-order valence-corrected chi connectivity index (χ0v) is 7.56. The lowest BCUT2D eigenvalue weighted by molar-refractivity contribution is 0.127. The monoisotopic (exact) mass is 171 g/mol. The summed E-state index contributed by atoms with van der Waals surface area (Å²) in [5.41, 5.74) is 0. The minimum absolute atomic E-state index is 0.334. The van der Waals surface area contributed by atoms with E-state index in [4.69, 9.17) is 0 Å². The third-order valence-corrected chi connectivity index (χ3v) is 3.45. The molecule has 2 rings (SSSR count). The molecular formula is C10H18FN. The third-order valence-electron chi connectivity index (χ3n) is 3.45. The van der Waals surface area contributed by atoms with E-state index >= 15 is 0 Å². The summed E-state index contributed by atoms with van der Waals surface area (Å²) < 4.78 is 13.5. The number of hydrogen-bond acceptors (Lipinski definition) is 1. The van der Waals surface area contributed by atoms with Crippen molar-refractivity contribution in [1.29, 1.82) is 0 Å². The first kappa shape index (κ1) is 8.49. The van der Waals surface area contributed by atoms with E-state index in [0.717, 1.165) is 19.5 Å². The number of piperidine rings is 1. The summed E-state index contributed by atoms with van der Waals surface area (Å²) >= 11 is 0. The molecule has 0 bridgehead atoms. The Morgan fingerprint density at radius 2 is 1.83 bits per heavy atom. The molecule has 0 radical (unpaired) electrons. The van der Waals surface area contributed by atoms with Crippen LogP contribution in [-0.2, 0) is 0 Å². The zero-order valence-electron chi connectivity index (χ0n) is 7.56. The molecule has 0 aromatic carbocycles. The van der Waals surface area contributed by atoms with Gasteiger partial charge in [0, 0.05) is 12.5 Å². The molecule has 2 atom stereocenters. The lowest BCUT2D eigenvalue weighted by Crippen LogP contribution is -2.41. The van der Waals surface area contributed by atoms with Gasteiger partial charge in [-0.25, -0.2) is 4.39 Å². The Hall–Kier alpha value is -0.110. The molecule has 12 heavy (non-hydrogen) atoms. The largest absolute Gasteiger partial charge is 0.316 e.